The van der Waals surface area contributed by atoms with Gasteiger partial charge in [0.1, 0.15) is 0 Å². The maximum atomic E-state index is 11.6. The van der Waals surface area contributed by atoms with Gasteiger partial charge in [0, 0.05) is 26.2 Å². The number of rotatable bonds is 11. The van der Waals surface area contributed by atoms with Gasteiger partial charge in [0.25, 0.3) is 0 Å². The van der Waals surface area contributed by atoms with Crippen molar-refractivity contribution >= 4 is 11.9 Å². The highest BCUT2D eigenvalue weighted by Gasteiger charge is 2.11. The predicted molar refractivity (Wildman–Crippen MR) is 68.3 cm³/mol. The normalized spacial score (nSPS) is 10.6. The molecule has 6 nitrogen and oxygen atoms in total. The maximum absolute atomic E-state index is 11.6. The third-order valence-corrected chi connectivity index (χ3v) is 2.49. The zero-order valence-electron chi connectivity index (χ0n) is 11.0. The fraction of sp³-hybridized carbons (Fsp3) is 0.833. The minimum absolute atomic E-state index is 0.00761. The van der Waals surface area contributed by atoms with E-state index in [4.69, 9.17) is 10.2 Å². The van der Waals surface area contributed by atoms with Crippen molar-refractivity contribution in [2.45, 2.75) is 32.6 Å². The SMILES string of the molecule is CCCCNC(=O)CN(CCCO)CCC(=O)O. The molecule has 0 heterocycles. The second-order valence-electron chi connectivity index (χ2n) is 4.20. The van der Waals surface area contributed by atoms with E-state index in [1.807, 2.05) is 6.92 Å². The molecule has 0 saturated heterocycles. The van der Waals surface area contributed by atoms with Crippen molar-refractivity contribution < 1.29 is 19.8 Å². The lowest BCUT2D eigenvalue weighted by molar-refractivity contribution is -0.137. The van der Waals surface area contributed by atoms with E-state index in [9.17, 15) is 9.59 Å². The van der Waals surface area contributed by atoms with E-state index in [-0.39, 0.29) is 25.5 Å². The number of carbonyl (C=O) groups is 2. The third-order valence-electron chi connectivity index (χ3n) is 2.49. The van der Waals surface area contributed by atoms with E-state index in [2.05, 4.69) is 5.32 Å². The number of carboxylic acids is 1. The summed E-state index contributed by atoms with van der Waals surface area (Å²) in [5.41, 5.74) is 0. The summed E-state index contributed by atoms with van der Waals surface area (Å²) >= 11 is 0. The fourth-order valence-electron chi connectivity index (χ4n) is 1.48. The fourth-order valence-corrected chi connectivity index (χ4v) is 1.48. The zero-order valence-corrected chi connectivity index (χ0v) is 11.0. The van der Waals surface area contributed by atoms with Gasteiger partial charge in [-0.15, -0.1) is 0 Å². The lowest BCUT2D eigenvalue weighted by Gasteiger charge is -2.20. The van der Waals surface area contributed by atoms with E-state index in [1.165, 1.54) is 0 Å². The topological polar surface area (TPSA) is 89.9 Å². The maximum Gasteiger partial charge on any atom is 0.304 e. The first-order valence-corrected chi connectivity index (χ1v) is 6.41. The molecule has 18 heavy (non-hydrogen) atoms. The van der Waals surface area contributed by atoms with Gasteiger partial charge in [-0.2, -0.15) is 0 Å². The van der Waals surface area contributed by atoms with E-state index in [0.29, 0.717) is 26.1 Å². The minimum atomic E-state index is -0.879. The van der Waals surface area contributed by atoms with Crippen LogP contribution in [0.25, 0.3) is 0 Å². The molecule has 0 fully saturated rings. The molecule has 0 bridgehead atoms. The highest BCUT2D eigenvalue weighted by molar-refractivity contribution is 5.78. The number of aliphatic hydroxyl groups is 1. The standard InChI is InChI=1S/C12H24N2O4/c1-2-3-6-13-11(16)10-14(7-4-9-15)8-5-12(17)18/h15H,2-10H2,1H3,(H,13,16)(H,17,18). The molecule has 0 aromatic carbocycles. The van der Waals surface area contributed by atoms with Crippen LogP contribution in [0.5, 0.6) is 0 Å². The smallest absolute Gasteiger partial charge is 0.304 e. The first-order chi connectivity index (χ1) is 8.60. The molecule has 0 spiro atoms. The van der Waals surface area contributed by atoms with Crippen LogP contribution in [0.15, 0.2) is 0 Å². The molecule has 0 rings (SSSR count). The van der Waals surface area contributed by atoms with Crippen molar-refractivity contribution in [3.63, 3.8) is 0 Å². The summed E-state index contributed by atoms with van der Waals surface area (Å²) in [5.74, 6) is -0.970. The summed E-state index contributed by atoms with van der Waals surface area (Å²) in [4.78, 5) is 23.8. The van der Waals surface area contributed by atoms with Crippen molar-refractivity contribution in [1.82, 2.24) is 10.2 Å². The molecule has 0 aromatic rings. The van der Waals surface area contributed by atoms with Gasteiger partial charge in [0.15, 0.2) is 0 Å². The molecule has 0 aliphatic heterocycles. The second kappa shape index (κ2) is 11.0. The number of carboxylic acid groups (broad SMARTS) is 1. The summed E-state index contributed by atoms with van der Waals surface area (Å²) in [5, 5.41) is 20.2. The van der Waals surface area contributed by atoms with Gasteiger partial charge in [-0.3, -0.25) is 14.5 Å². The number of hydrogen-bond acceptors (Lipinski definition) is 4. The van der Waals surface area contributed by atoms with Gasteiger partial charge >= 0.3 is 5.97 Å². The number of carbonyl (C=O) groups excluding carboxylic acids is 1. The number of unbranched alkanes of at least 4 members (excludes halogenated alkanes) is 1. The quantitative estimate of drug-likeness (QED) is 0.457. The van der Waals surface area contributed by atoms with Crippen LogP contribution in [0, 0.1) is 0 Å². The molecule has 6 heteroatoms. The van der Waals surface area contributed by atoms with Crippen LogP contribution >= 0.6 is 0 Å². The lowest BCUT2D eigenvalue weighted by Crippen LogP contribution is -2.39. The minimum Gasteiger partial charge on any atom is -0.481 e. The molecule has 0 atom stereocenters. The Bertz CT molecular complexity index is 246. The number of nitrogens with one attached hydrogen (secondary N) is 1. The largest absolute Gasteiger partial charge is 0.481 e. The molecule has 1 amide bonds. The molecule has 3 N–H and O–H groups in total. The summed E-state index contributed by atoms with van der Waals surface area (Å²) < 4.78 is 0. The van der Waals surface area contributed by atoms with Crippen LogP contribution in [0.4, 0.5) is 0 Å². The molecule has 0 aliphatic rings. The van der Waals surface area contributed by atoms with Crippen molar-refractivity contribution in [2.75, 3.05) is 32.8 Å². The van der Waals surface area contributed by atoms with Gasteiger partial charge in [-0.05, 0) is 12.8 Å². The first-order valence-electron chi connectivity index (χ1n) is 6.41. The summed E-state index contributed by atoms with van der Waals surface area (Å²) in [7, 11) is 0. The van der Waals surface area contributed by atoms with Crippen LogP contribution in [0.1, 0.15) is 32.6 Å². The van der Waals surface area contributed by atoms with Crippen LogP contribution in [0.2, 0.25) is 0 Å². The number of amides is 1. The van der Waals surface area contributed by atoms with Gasteiger partial charge < -0.3 is 15.5 Å². The Morgan fingerprint density at radius 2 is 1.94 bits per heavy atom. The Kier molecular flexibility index (Phi) is 10.3. The van der Waals surface area contributed by atoms with Crippen LogP contribution < -0.4 is 5.32 Å². The van der Waals surface area contributed by atoms with Crippen molar-refractivity contribution in [2.24, 2.45) is 0 Å². The number of hydrogen-bond donors (Lipinski definition) is 3. The lowest BCUT2D eigenvalue weighted by atomic mass is 10.3. The number of aliphatic carboxylic acids is 1. The van der Waals surface area contributed by atoms with Crippen molar-refractivity contribution in [3.8, 4) is 0 Å². The van der Waals surface area contributed by atoms with Crippen LogP contribution in [-0.2, 0) is 9.59 Å². The molecular weight excluding hydrogens is 236 g/mol. The zero-order chi connectivity index (χ0) is 13.8. The van der Waals surface area contributed by atoms with Crippen LogP contribution in [-0.4, -0.2) is 59.8 Å². The summed E-state index contributed by atoms with van der Waals surface area (Å²) in [6.07, 6.45) is 2.51. The van der Waals surface area contributed by atoms with Gasteiger partial charge in [0.05, 0.1) is 13.0 Å². The molecule has 0 radical (unpaired) electrons. The van der Waals surface area contributed by atoms with Gasteiger partial charge in [0.2, 0.25) is 5.91 Å². The highest BCUT2D eigenvalue weighted by atomic mass is 16.4. The summed E-state index contributed by atoms with van der Waals surface area (Å²) in [6.45, 7) is 3.80. The van der Waals surface area contributed by atoms with Crippen molar-refractivity contribution in [3.05, 3.63) is 0 Å². The van der Waals surface area contributed by atoms with Gasteiger partial charge in [-0.25, -0.2) is 0 Å². The monoisotopic (exact) mass is 260 g/mol. The molecule has 0 aromatic heterocycles. The van der Waals surface area contributed by atoms with E-state index in [0.717, 1.165) is 12.8 Å². The van der Waals surface area contributed by atoms with Crippen molar-refractivity contribution in [1.29, 1.82) is 0 Å². The Balaban J connectivity index is 3.96. The Morgan fingerprint density at radius 1 is 1.22 bits per heavy atom. The Hall–Kier alpha value is -1.14. The molecule has 106 valence electrons. The third kappa shape index (κ3) is 10.0. The van der Waals surface area contributed by atoms with E-state index in [1.54, 1.807) is 4.90 Å². The number of nitrogens with zero attached hydrogens (tertiary/aromatic N) is 1. The van der Waals surface area contributed by atoms with E-state index >= 15 is 0 Å². The Labute approximate surface area is 108 Å². The second-order valence-corrected chi connectivity index (χ2v) is 4.20. The molecular formula is C12H24N2O4. The average Bonchev–Trinajstić information content (AvgIpc) is 2.32. The van der Waals surface area contributed by atoms with Crippen LogP contribution in [0.3, 0.4) is 0 Å². The van der Waals surface area contributed by atoms with Gasteiger partial charge in [-0.1, -0.05) is 13.3 Å². The number of aliphatic hydroxyl groups excluding tert-OH is 1. The average molecular weight is 260 g/mol. The molecule has 0 aliphatic carbocycles. The molecule has 0 unspecified atom stereocenters. The predicted octanol–water partition coefficient (Wildman–Crippen LogP) is 0.0618. The highest BCUT2D eigenvalue weighted by Crippen LogP contribution is 1.95. The first kappa shape index (κ1) is 16.9. The molecule has 0 saturated carbocycles. The Morgan fingerprint density at radius 3 is 2.50 bits per heavy atom. The summed E-state index contributed by atoms with van der Waals surface area (Å²) in [6, 6.07) is 0. The van der Waals surface area contributed by atoms with E-state index < -0.39 is 5.97 Å².